The average molecular weight is 224 g/mol. The van der Waals surface area contributed by atoms with Crippen LogP contribution in [-0.2, 0) is 4.79 Å². The van der Waals surface area contributed by atoms with Gasteiger partial charge in [0, 0.05) is 32.1 Å². The lowest BCUT2D eigenvalue weighted by Gasteiger charge is -2.34. The molecule has 1 heterocycles. The number of piperazine rings is 1. The number of carbonyl (C=O) groups is 1. The molecule has 1 rings (SSSR count). The molecule has 4 nitrogen and oxygen atoms in total. The highest BCUT2D eigenvalue weighted by atomic mass is 16.2. The molecule has 1 aliphatic heterocycles. The van der Waals surface area contributed by atoms with Crippen LogP contribution < -0.4 is 0 Å². The molecule has 0 bridgehead atoms. The zero-order valence-corrected chi connectivity index (χ0v) is 10.1. The van der Waals surface area contributed by atoms with E-state index >= 15 is 0 Å². The minimum absolute atomic E-state index is 0.0776. The molecule has 0 aromatic heterocycles. The van der Waals surface area contributed by atoms with Crippen molar-refractivity contribution in [2.24, 2.45) is 5.92 Å². The SMILES string of the molecule is CC(C)C(=O)N1CCN(CC#CCO)CC1. The van der Waals surface area contributed by atoms with E-state index in [1.807, 2.05) is 18.7 Å². The second kappa shape index (κ2) is 6.51. The predicted molar refractivity (Wildman–Crippen MR) is 62.7 cm³/mol. The van der Waals surface area contributed by atoms with Gasteiger partial charge in [0.25, 0.3) is 0 Å². The summed E-state index contributed by atoms with van der Waals surface area (Å²) in [4.78, 5) is 15.8. The van der Waals surface area contributed by atoms with E-state index in [4.69, 9.17) is 5.11 Å². The Morgan fingerprint density at radius 3 is 2.38 bits per heavy atom. The first kappa shape index (κ1) is 13.0. The number of aliphatic hydroxyl groups is 1. The summed E-state index contributed by atoms with van der Waals surface area (Å²) in [6, 6.07) is 0. The summed E-state index contributed by atoms with van der Waals surface area (Å²) >= 11 is 0. The fourth-order valence-corrected chi connectivity index (χ4v) is 1.72. The van der Waals surface area contributed by atoms with Crippen LogP contribution in [0.5, 0.6) is 0 Å². The third-order valence-electron chi connectivity index (χ3n) is 2.68. The minimum Gasteiger partial charge on any atom is -0.384 e. The van der Waals surface area contributed by atoms with Crippen LogP contribution in [0.1, 0.15) is 13.8 Å². The Morgan fingerprint density at radius 2 is 1.88 bits per heavy atom. The first-order chi connectivity index (χ1) is 7.65. The minimum atomic E-state index is -0.0776. The van der Waals surface area contributed by atoms with Crippen LogP contribution in [0.15, 0.2) is 0 Å². The van der Waals surface area contributed by atoms with E-state index in [1.165, 1.54) is 0 Å². The highest BCUT2D eigenvalue weighted by molar-refractivity contribution is 5.78. The second-order valence-electron chi connectivity index (χ2n) is 4.27. The Kier molecular flexibility index (Phi) is 5.30. The van der Waals surface area contributed by atoms with Gasteiger partial charge in [-0.3, -0.25) is 9.69 Å². The molecule has 90 valence electrons. The first-order valence-corrected chi connectivity index (χ1v) is 5.73. The summed E-state index contributed by atoms with van der Waals surface area (Å²) in [5.41, 5.74) is 0. The molecule has 1 saturated heterocycles. The fourth-order valence-electron chi connectivity index (χ4n) is 1.72. The number of rotatable bonds is 2. The molecule has 0 spiro atoms. The largest absolute Gasteiger partial charge is 0.384 e. The van der Waals surface area contributed by atoms with Gasteiger partial charge >= 0.3 is 0 Å². The van der Waals surface area contributed by atoms with Crippen LogP contribution in [0.25, 0.3) is 0 Å². The van der Waals surface area contributed by atoms with Gasteiger partial charge in [0.2, 0.25) is 5.91 Å². The maximum Gasteiger partial charge on any atom is 0.225 e. The summed E-state index contributed by atoms with van der Waals surface area (Å²) in [6.07, 6.45) is 0. The lowest BCUT2D eigenvalue weighted by atomic mass is 10.1. The van der Waals surface area contributed by atoms with Crippen LogP contribution in [0.4, 0.5) is 0 Å². The third-order valence-corrected chi connectivity index (χ3v) is 2.68. The van der Waals surface area contributed by atoms with Gasteiger partial charge in [0.05, 0.1) is 6.54 Å². The Bertz CT molecular complexity index is 283. The molecule has 0 radical (unpaired) electrons. The summed E-state index contributed by atoms with van der Waals surface area (Å²) in [7, 11) is 0. The number of amides is 1. The van der Waals surface area contributed by atoms with E-state index < -0.39 is 0 Å². The van der Waals surface area contributed by atoms with E-state index in [0.717, 1.165) is 26.2 Å². The molecule has 1 aliphatic rings. The number of aliphatic hydroxyl groups excluding tert-OH is 1. The maximum atomic E-state index is 11.7. The van der Waals surface area contributed by atoms with E-state index in [-0.39, 0.29) is 18.4 Å². The normalized spacial score (nSPS) is 17.1. The Labute approximate surface area is 97.2 Å². The quantitative estimate of drug-likeness (QED) is 0.660. The van der Waals surface area contributed by atoms with Gasteiger partial charge in [-0.05, 0) is 0 Å². The van der Waals surface area contributed by atoms with E-state index in [0.29, 0.717) is 6.54 Å². The van der Waals surface area contributed by atoms with Crippen LogP contribution >= 0.6 is 0 Å². The molecule has 0 aromatic carbocycles. The fraction of sp³-hybridized carbons (Fsp3) is 0.750. The molecule has 4 heteroatoms. The first-order valence-electron chi connectivity index (χ1n) is 5.73. The molecule has 0 aromatic rings. The zero-order chi connectivity index (χ0) is 12.0. The van der Waals surface area contributed by atoms with Gasteiger partial charge in [-0.2, -0.15) is 0 Å². The lowest BCUT2D eigenvalue weighted by Crippen LogP contribution is -2.49. The number of hydrogen-bond acceptors (Lipinski definition) is 3. The highest BCUT2D eigenvalue weighted by Gasteiger charge is 2.21. The molecular formula is C12H20N2O2. The molecule has 1 fully saturated rings. The van der Waals surface area contributed by atoms with Crippen molar-refractivity contribution in [3.8, 4) is 11.8 Å². The van der Waals surface area contributed by atoms with Gasteiger partial charge in [-0.25, -0.2) is 0 Å². The standard InChI is InChI=1S/C12H20N2O2/c1-11(2)12(16)14-8-6-13(7-9-14)5-3-4-10-15/h11,15H,5-10H2,1-2H3. The number of hydrogen-bond donors (Lipinski definition) is 1. The van der Waals surface area contributed by atoms with Crippen LogP contribution in [-0.4, -0.2) is 60.1 Å². The predicted octanol–water partition coefficient (Wildman–Crippen LogP) is -0.218. The molecule has 0 unspecified atom stereocenters. The topological polar surface area (TPSA) is 43.8 Å². The van der Waals surface area contributed by atoms with E-state index in [9.17, 15) is 4.79 Å². The number of carbonyl (C=O) groups excluding carboxylic acids is 1. The van der Waals surface area contributed by atoms with Crippen molar-refractivity contribution in [2.75, 3.05) is 39.3 Å². The molecule has 0 aliphatic carbocycles. The molecule has 1 amide bonds. The number of nitrogens with zero attached hydrogens (tertiary/aromatic N) is 2. The zero-order valence-electron chi connectivity index (χ0n) is 10.1. The van der Waals surface area contributed by atoms with Gasteiger partial charge in [-0.15, -0.1) is 0 Å². The van der Waals surface area contributed by atoms with Gasteiger partial charge < -0.3 is 10.0 Å². The smallest absolute Gasteiger partial charge is 0.225 e. The summed E-state index contributed by atoms with van der Waals surface area (Å²) in [6.45, 7) is 7.80. The van der Waals surface area contributed by atoms with Gasteiger partial charge in [-0.1, -0.05) is 25.7 Å². The van der Waals surface area contributed by atoms with Crippen molar-refractivity contribution in [1.82, 2.24) is 9.80 Å². The summed E-state index contributed by atoms with van der Waals surface area (Å²) < 4.78 is 0. The second-order valence-corrected chi connectivity index (χ2v) is 4.27. The molecule has 1 N–H and O–H groups in total. The van der Waals surface area contributed by atoms with Crippen LogP contribution in [0, 0.1) is 17.8 Å². The summed E-state index contributed by atoms with van der Waals surface area (Å²) in [5.74, 6) is 5.85. The molecular weight excluding hydrogens is 204 g/mol. The maximum absolute atomic E-state index is 11.7. The van der Waals surface area contributed by atoms with Crippen molar-refractivity contribution in [3.05, 3.63) is 0 Å². The monoisotopic (exact) mass is 224 g/mol. The van der Waals surface area contributed by atoms with Crippen molar-refractivity contribution >= 4 is 5.91 Å². The van der Waals surface area contributed by atoms with Crippen molar-refractivity contribution in [2.45, 2.75) is 13.8 Å². The molecule has 16 heavy (non-hydrogen) atoms. The molecule has 0 atom stereocenters. The van der Waals surface area contributed by atoms with E-state index in [2.05, 4.69) is 16.7 Å². The van der Waals surface area contributed by atoms with E-state index in [1.54, 1.807) is 0 Å². The lowest BCUT2D eigenvalue weighted by molar-refractivity contribution is -0.136. The van der Waals surface area contributed by atoms with Gasteiger partial charge in [0.15, 0.2) is 0 Å². The third kappa shape index (κ3) is 3.84. The van der Waals surface area contributed by atoms with Gasteiger partial charge in [0.1, 0.15) is 6.61 Å². The van der Waals surface area contributed by atoms with Crippen molar-refractivity contribution < 1.29 is 9.90 Å². The Hall–Kier alpha value is -1.05. The highest BCUT2D eigenvalue weighted by Crippen LogP contribution is 2.06. The Morgan fingerprint density at radius 1 is 1.25 bits per heavy atom. The Balaban J connectivity index is 2.31. The van der Waals surface area contributed by atoms with Crippen molar-refractivity contribution in [3.63, 3.8) is 0 Å². The van der Waals surface area contributed by atoms with Crippen molar-refractivity contribution in [1.29, 1.82) is 0 Å². The molecule has 0 saturated carbocycles. The average Bonchev–Trinajstić information content (AvgIpc) is 2.29. The van der Waals surface area contributed by atoms with Crippen LogP contribution in [0.2, 0.25) is 0 Å². The summed E-state index contributed by atoms with van der Waals surface area (Å²) in [5, 5.41) is 8.53. The van der Waals surface area contributed by atoms with Crippen LogP contribution in [0.3, 0.4) is 0 Å².